The zero-order valence-corrected chi connectivity index (χ0v) is 12.0. The van der Waals surface area contributed by atoms with Crippen LogP contribution >= 0.6 is 0 Å². The van der Waals surface area contributed by atoms with Crippen LogP contribution in [0.25, 0.3) is 11.1 Å². The first kappa shape index (κ1) is 13.8. The van der Waals surface area contributed by atoms with Crippen molar-refractivity contribution in [2.75, 3.05) is 7.05 Å². The normalized spacial score (nSPS) is 10.8. The quantitative estimate of drug-likeness (QED) is 0.871. The summed E-state index contributed by atoms with van der Waals surface area (Å²) in [5.74, 6) is -0.137. The van der Waals surface area contributed by atoms with E-state index in [-0.39, 0.29) is 5.82 Å². The Kier molecular flexibility index (Phi) is 4.01. The summed E-state index contributed by atoms with van der Waals surface area (Å²) < 4.78 is 14.3. The summed E-state index contributed by atoms with van der Waals surface area (Å²) in [6.07, 6.45) is 0. The lowest BCUT2D eigenvalue weighted by Gasteiger charge is -2.13. The maximum Gasteiger partial charge on any atom is 0.131 e. The second-order valence-electron chi connectivity index (χ2n) is 5.12. The molecule has 0 atom stereocenters. The van der Waals surface area contributed by atoms with E-state index in [0.29, 0.717) is 0 Å². The Hall–Kier alpha value is -1.67. The van der Waals surface area contributed by atoms with Crippen LogP contribution < -0.4 is 5.32 Å². The van der Waals surface area contributed by atoms with Crippen molar-refractivity contribution in [1.29, 1.82) is 0 Å². The number of nitrogens with one attached hydrogen (secondary N) is 1. The summed E-state index contributed by atoms with van der Waals surface area (Å²) >= 11 is 0. The molecule has 0 radical (unpaired) electrons. The fourth-order valence-corrected chi connectivity index (χ4v) is 2.51. The first-order valence-electron chi connectivity index (χ1n) is 6.54. The van der Waals surface area contributed by atoms with Crippen LogP contribution in [0.2, 0.25) is 0 Å². The number of hydrogen-bond acceptors (Lipinski definition) is 1. The van der Waals surface area contributed by atoms with E-state index in [4.69, 9.17) is 0 Å². The number of rotatable bonds is 3. The third-order valence-corrected chi connectivity index (χ3v) is 3.38. The summed E-state index contributed by atoms with van der Waals surface area (Å²) in [5, 5.41) is 3.13. The van der Waals surface area contributed by atoms with Gasteiger partial charge in [0.05, 0.1) is 0 Å². The van der Waals surface area contributed by atoms with E-state index in [1.54, 1.807) is 6.07 Å². The van der Waals surface area contributed by atoms with Crippen molar-refractivity contribution in [2.45, 2.75) is 27.3 Å². The average molecular weight is 257 g/mol. The molecule has 0 heterocycles. The topological polar surface area (TPSA) is 12.0 Å². The molecule has 0 aliphatic rings. The largest absolute Gasteiger partial charge is 0.316 e. The van der Waals surface area contributed by atoms with E-state index in [2.05, 4.69) is 23.5 Å². The molecule has 100 valence electrons. The molecule has 0 unspecified atom stereocenters. The zero-order chi connectivity index (χ0) is 14.0. The lowest BCUT2D eigenvalue weighted by Crippen LogP contribution is -2.05. The number of benzene rings is 2. The van der Waals surface area contributed by atoms with E-state index in [1.165, 1.54) is 5.56 Å². The summed E-state index contributed by atoms with van der Waals surface area (Å²) in [5.41, 5.74) is 5.93. The van der Waals surface area contributed by atoms with Crippen molar-refractivity contribution >= 4 is 0 Å². The molecule has 1 N–H and O–H groups in total. The Morgan fingerprint density at radius 2 is 1.74 bits per heavy atom. The fourth-order valence-electron chi connectivity index (χ4n) is 2.51. The molecule has 19 heavy (non-hydrogen) atoms. The van der Waals surface area contributed by atoms with Gasteiger partial charge >= 0.3 is 0 Å². The summed E-state index contributed by atoms with van der Waals surface area (Å²) in [4.78, 5) is 0. The van der Waals surface area contributed by atoms with Crippen LogP contribution in [0, 0.1) is 26.6 Å². The van der Waals surface area contributed by atoms with Gasteiger partial charge in [-0.25, -0.2) is 4.39 Å². The van der Waals surface area contributed by atoms with Crippen LogP contribution in [0.3, 0.4) is 0 Å². The van der Waals surface area contributed by atoms with Gasteiger partial charge in [0.2, 0.25) is 0 Å². The molecule has 0 aromatic heterocycles. The first-order valence-corrected chi connectivity index (χ1v) is 6.54. The Balaban J connectivity index is 2.61. The molecular formula is C17H20FN. The second-order valence-corrected chi connectivity index (χ2v) is 5.12. The molecule has 0 fully saturated rings. The van der Waals surface area contributed by atoms with Gasteiger partial charge in [0.15, 0.2) is 0 Å². The van der Waals surface area contributed by atoms with Gasteiger partial charge < -0.3 is 5.32 Å². The van der Waals surface area contributed by atoms with Gasteiger partial charge in [-0.15, -0.1) is 0 Å². The summed E-state index contributed by atoms with van der Waals surface area (Å²) in [6, 6.07) is 9.85. The number of hydrogen-bond donors (Lipinski definition) is 1. The molecule has 2 aromatic carbocycles. The average Bonchev–Trinajstić information content (AvgIpc) is 2.32. The van der Waals surface area contributed by atoms with Crippen LogP contribution in [-0.2, 0) is 6.54 Å². The molecule has 0 aliphatic heterocycles. The minimum Gasteiger partial charge on any atom is -0.316 e. The van der Waals surface area contributed by atoms with Gasteiger partial charge in [-0.3, -0.25) is 0 Å². The number of halogens is 1. The van der Waals surface area contributed by atoms with Crippen LogP contribution in [0.15, 0.2) is 30.3 Å². The third-order valence-electron chi connectivity index (χ3n) is 3.38. The molecule has 1 nitrogen and oxygen atoms in total. The van der Waals surface area contributed by atoms with Crippen LogP contribution in [-0.4, -0.2) is 7.05 Å². The van der Waals surface area contributed by atoms with E-state index >= 15 is 0 Å². The minimum absolute atomic E-state index is 0.137. The summed E-state index contributed by atoms with van der Waals surface area (Å²) in [6.45, 7) is 6.71. The maximum atomic E-state index is 14.3. The van der Waals surface area contributed by atoms with Gasteiger partial charge in [0, 0.05) is 12.1 Å². The predicted molar refractivity (Wildman–Crippen MR) is 78.8 cm³/mol. The molecule has 2 heteroatoms. The molecule has 0 aliphatic carbocycles. The van der Waals surface area contributed by atoms with Crippen LogP contribution in [0.4, 0.5) is 4.39 Å². The van der Waals surface area contributed by atoms with Crippen LogP contribution in [0.1, 0.15) is 22.3 Å². The molecular weight excluding hydrogens is 237 g/mol. The van der Waals surface area contributed by atoms with Crippen LogP contribution in [0.5, 0.6) is 0 Å². The standard InChI is InChI=1S/C17H20FN/c1-11-7-13(3)17(16(18)8-11)15-9-14(10-19-4)6-5-12(15)2/h5-9,19H,10H2,1-4H3. The van der Waals surface area contributed by atoms with Crippen molar-refractivity contribution < 1.29 is 4.39 Å². The first-order chi connectivity index (χ1) is 9.02. The highest BCUT2D eigenvalue weighted by Gasteiger charge is 2.12. The molecule has 0 saturated carbocycles. The van der Waals surface area contributed by atoms with Crippen molar-refractivity contribution in [2.24, 2.45) is 0 Å². The Morgan fingerprint density at radius 3 is 2.37 bits per heavy atom. The van der Waals surface area contributed by atoms with Crippen molar-refractivity contribution in [3.63, 3.8) is 0 Å². The number of aryl methyl sites for hydroxylation is 3. The summed E-state index contributed by atoms with van der Waals surface area (Å²) in [7, 11) is 1.91. The molecule has 0 spiro atoms. The maximum absolute atomic E-state index is 14.3. The van der Waals surface area contributed by atoms with Crippen molar-refractivity contribution in [1.82, 2.24) is 5.32 Å². The fraction of sp³-hybridized carbons (Fsp3) is 0.294. The van der Waals surface area contributed by atoms with Gasteiger partial charge in [-0.05, 0) is 67.8 Å². The SMILES string of the molecule is CNCc1ccc(C)c(-c2c(C)cc(C)cc2F)c1. The highest BCUT2D eigenvalue weighted by atomic mass is 19.1. The molecule has 2 rings (SSSR count). The van der Waals surface area contributed by atoms with Crippen molar-refractivity contribution in [3.05, 3.63) is 58.4 Å². The predicted octanol–water partition coefficient (Wildman–Crippen LogP) is 4.14. The molecule has 0 amide bonds. The second kappa shape index (κ2) is 5.54. The Bertz CT molecular complexity index is 579. The molecule has 2 aromatic rings. The lowest BCUT2D eigenvalue weighted by atomic mass is 9.93. The van der Waals surface area contributed by atoms with Gasteiger partial charge in [0.25, 0.3) is 0 Å². The Labute approximate surface area is 114 Å². The van der Waals surface area contributed by atoms with Gasteiger partial charge in [0.1, 0.15) is 5.82 Å². The van der Waals surface area contributed by atoms with E-state index in [9.17, 15) is 4.39 Å². The highest BCUT2D eigenvalue weighted by Crippen LogP contribution is 2.31. The zero-order valence-electron chi connectivity index (χ0n) is 12.0. The third kappa shape index (κ3) is 2.85. The highest BCUT2D eigenvalue weighted by molar-refractivity contribution is 5.72. The molecule has 0 bridgehead atoms. The monoisotopic (exact) mass is 257 g/mol. The van der Waals surface area contributed by atoms with E-state index in [0.717, 1.165) is 34.4 Å². The minimum atomic E-state index is -0.137. The Morgan fingerprint density at radius 1 is 1.00 bits per heavy atom. The molecule has 0 saturated heterocycles. The van der Waals surface area contributed by atoms with E-state index in [1.807, 2.05) is 33.9 Å². The van der Waals surface area contributed by atoms with Crippen molar-refractivity contribution in [3.8, 4) is 11.1 Å². The van der Waals surface area contributed by atoms with Gasteiger partial charge in [-0.2, -0.15) is 0 Å². The lowest BCUT2D eigenvalue weighted by molar-refractivity contribution is 0.629. The smallest absolute Gasteiger partial charge is 0.131 e. The van der Waals surface area contributed by atoms with Gasteiger partial charge in [-0.1, -0.05) is 18.2 Å². The van der Waals surface area contributed by atoms with E-state index < -0.39 is 0 Å².